The summed E-state index contributed by atoms with van der Waals surface area (Å²) >= 11 is 1.69. The third kappa shape index (κ3) is 2.27. The van der Waals surface area contributed by atoms with Crippen molar-refractivity contribution in [1.29, 1.82) is 0 Å². The van der Waals surface area contributed by atoms with E-state index in [2.05, 4.69) is 16.2 Å². The molecule has 84 valence electrons. The molecule has 0 atom stereocenters. The Kier molecular flexibility index (Phi) is 3.29. The molecule has 0 saturated carbocycles. The summed E-state index contributed by atoms with van der Waals surface area (Å²) in [6, 6.07) is 8.00. The van der Waals surface area contributed by atoms with Crippen LogP contribution in [0.25, 0.3) is 0 Å². The number of hydrogen-bond acceptors (Lipinski definition) is 4. The normalized spacial score (nSPS) is 14.7. The summed E-state index contributed by atoms with van der Waals surface area (Å²) in [7, 11) is 4.04. The van der Waals surface area contributed by atoms with E-state index in [1.165, 1.54) is 0 Å². The number of aliphatic imine (C=N–C) groups is 2. The van der Waals surface area contributed by atoms with E-state index in [0.29, 0.717) is 0 Å². The lowest BCUT2D eigenvalue weighted by atomic mass is 10.3. The number of para-hydroxylation sites is 2. The molecule has 1 heterocycles. The SMILES string of the molecule is CSC1=Nc2ccccc2N=C(N(C)C)C1. The highest BCUT2D eigenvalue weighted by atomic mass is 32.2. The molecule has 2 rings (SSSR count). The van der Waals surface area contributed by atoms with Crippen LogP contribution in [0.3, 0.4) is 0 Å². The van der Waals surface area contributed by atoms with E-state index in [0.717, 1.165) is 28.7 Å². The minimum absolute atomic E-state index is 0.808. The first-order valence-corrected chi connectivity index (χ1v) is 6.38. The first-order chi connectivity index (χ1) is 7.70. The molecule has 1 aliphatic rings. The van der Waals surface area contributed by atoms with Crippen LogP contribution in [-0.4, -0.2) is 36.1 Å². The number of rotatable bonds is 0. The monoisotopic (exact) mass is 233 g/mol. The van der Waals surface area contributed by atoms with E-state index in [1.807, 2.05) is 43.3 Å². The number of thioether (sulfide) groups is 1. The molecular weight excluding hydrogens is 218 g/mol. The molecule has 0 unspecified atom stereocenters. The van der Waals surface area contributed by atoms with E-state index in [-0.39, 0.29) is 0 Å². The minimum atomic E-state index is 0.808. The molecule has 0 radical (unpaired) electrons. The molecule has 16 heavy (non-hydrogen) atoms. The van der Waals surface area contributed by atoms with Crippen molar-refractivity contribution in [3.8, 4) is 0 Å². The van der Waals surface area contributed by atoms with Crippen molar-refractivity contribution in [2.24, 2.45) is 9.98 Å². The van der Waals surface area contributed by atoms with Gasteiger partial charge in [-0.15, -0.1) is 11.8 Å². The first-order valence-electron chi connectivity index (χ1n) is 5.16. The second-order valence-corrected chi connectivity index (χ2v) is 4.68. The molecule has 0 bridgehead atoms. The summed E-state index contributed by atoms with van der Waals surface area (Å²) in [4.78, 5) is 11.3. The van der Waals surface area contributed by atoms with E-state index < -0.39 is 0 Å². The van der Waals surface area contributed by atoms with Crippen molar-refractivity contribution in [1.82, 2.24) is 4.90 Å². The van der Waals surface area contributed by atoms with Gasteiger partial charge in [-0.25, -0.2) is 9.98 Å². The topological polar surface area (TPSA) is 28.0 Å². The summed E-state index contributed by atoms with van der Waals surface area (Å²) in [6.07, 6.45) is 2.86. The van der Waals surface area contributed by atoms with Gasteiger partial charge in [-0.05, 0) is 18.4 Å². The Hall–Kier alpha value is -1.29. The van der Waals surface area contributed by atoms with Gasteiger partial charge in [0.05, 0.1) is 22.8 Å². The zero-order valence-electron chi connectivity index (χ0n) is 9.77. The minimum Gasteiger partial charge on any atom is -0.366 e. The van der Waals surface area contributed by atoms with Crippen LogP contribution in [-0.2, 0) is 0 Å². The molecular formula is C12H15N3S. The van der Waals surface area contributed by atoms with Crippen LogP contribution in [0.4, 0.5) is 11.4 Å². The predicted molar refractivity (Wildman–Crippen MR) is 72.5 cm³/mol. The van der Waals surface area contributed by atoms with Gasteiger partial charge in [-0.2, -0.15) is 0 Å². The van der Waals surface area contributed by atoms with E-state index in [9.17, 15) is 0 Å². The molecule has 1 aromatic rings. The van der Waals surface area contributed by atoms with Crippen molar-refractivity contribution in [2.75, 3.05) is 20.4 Å². The van der Waals surface area contributed by atoms with Crippen LogP contribution in [0.15, 0.2) is 34.3 Å². The summed E-state index contributed by atoms with van der Waals surface area (Å²) in [5.41, 5.74) is 1.92. The zero-order valence-corrected chi connectivity index (χ0v) is 10.6. The van der Waals surface area contributed by atoms with E-state index in [4.69, 9.17) is 0 Å². The van der Waals surface area contributed by atoms with Gasteiger partial charge in [0, 0.05) is 14.1 Å². The van der Waals surface area contributed by atoms with Gasteiger partial charge in [0.25, 0.3) is 0 Å². The predicted octanol–water partition coefficient (Wildman–Crippen LogP) is 3.07. The average Bonchev–Trinajstić information content (AvgIpc) is 2.47. The maximum Gasteiger partial charge on any atom is 0.111 e. The molecule has 0 amide bonds. The molecule has 0 fully saturated rings. The third-order valence-electron chi connectivity index (χ3n) is 2.44. The molecule has 0 aliphatic carbocycles. The quantitative estimate of drug-likeness (QED) is 0.689. The lowest BCUT2D eigenvalue weighted by Crippen LogP contribution is -2.23. The highest BCUT2D eigenvalue weighted by Gasteiger charge is 2.13. The second kappa shape index (κ2) is 4.70. The van der Waals surface area contributed by atoms with Gasteiger partial charge in [-0.3, -0.25) is 0 Å². The van der Waals surface area contributed by atoms with Gasteiger partial charge in [0.2, 0.25) is 0 Å². The molecule has 0 saturated heterocycles. The van der Waals surface area contributed by atoms with Gasteiger partial charge in [-0.1, -0.05) is 12.1 Å². The molecule has 3 nitrogen and oxygen atoms in total. The summed E-state index contributed by atoms with van der Waals surface area (Å²) in [6.45, 7) is 0. The van der Waals surface area contributed by atoms with Gasteiger partial charge >= 0.3 is 0 Å². The van der Waals surface area contributed by atoms with Crippen molar-refractivity contribution < 1.29 is 0 Å². The zero-order chi connectivity index (χ0) is 11.5. The fourth-order valence-corrected chi connectivity index (χ4v) is 1.98. The van der Waals surface area contributed by atoms with Crippen LogP contribution in [0.5, 0.6) is 0 Å². The molecule has 0 aromatic heterocycles. The standard InChI is InChI=1S/C12H15N3S/c1-15(2)11-8-12(16-3)14-10-7-5-4-6-9(10)13-11/h4-7H,8H2,1-3H3. The Morgan fingerprint density at radius 3 is 2.31 bits per heavy atom. The Morgan fingerprint density at radius 1 is 1.12 bits per heavy atom. The number of amidine groups is 1. The van der Waals surface area contributed by atoms with Crippen LogP contribution in [0, 0.1) is 0 Å². The van der Waals surface area contributed by atoms with Gasteiger partial charge < -0.3 is 4.90 Å². The smallest absolute Gasteiger partial charge is 0.111 e. The summed E-state index contributed by atoms with van der Waals surface area (Å²) in [5, 5.41) is 1.11. The second-order valence-electron chi connectivity index (χ2n) is 3.80. The maximum absolute atomic E-state index is 4.65. The van der Waals surface area contributed by atoms with Gasteiger partial charge in [0.1, 0.15) is 5.84 Å². The lowest BCUT2D eigenvalue weighted by molar-refractivity contribution is 0.615. The Morgan fingerprint density at radius 2 is 1.75 bits per heavy atom. The van der Waals surface area contributed by atoms with E-state index in [1.54, 1.807) is 11.8 Å². The largest absolute Gasteiger partial charge is 0.366 e. The fraction of sp³-hybridized carbons (Fsp3) is 0.333. The average molecular weight is 233 g/mol. The fourth-order valence-electron chi connectivity index (χ4n) is 1.52. The molecule has 1 aromatic carbocycles. The number of hydrogen-bond donors (Lipinski definition) is 0. The summed E-state index contributed by atoms with van der Waals surface area (Å²) in [5.74, 6) is 1.05. The number of benzene rings is 1. The maximum atomic E-state index is 4.65. The van der Waals surface area contributed by atoms with Crippen molar-refractivity contribution >= 4 is 34.0 Å². The van der Waals surface area contributed by atoms with Crippen molar-refractivity contribution in [2.45, 2.75) is 6.42 Å². The Bertz CT molecular complexity index is 449. The van der Waals surface area contributed by atoms with Crippen molar-refractivity contribution in [3.05, 3.63) is 24.3 Å². The first kappa shape index (κ1) is 11.2. The molecule has 4 heteroatoms. The van der Waals surface area contributed by atoms with E-state index >= 15 is 0 Å². The molecule has 1 aliphatic heterocycles. The highest BCUT2D eigenvalue weighted by Crippen LogP contribution is 2.31. The molecule has 0 N–H and O–H groups in total. The van der Waals surface area contributed by atoms with Crippen LogP contribution in [0.1, 0.15) is 6.42 Å². The number of nitrogens with zero attached hydrogens (tertiary/aromatic N) is 3. The highest BCUT2D eigenvalue weighted by molar-refractivity contribution is 8.13. The van der Waals surface area contributed by atoms with Crippen LogP contribution in [0.2, 0.25) is 0 Å². The summed E-state index contributed by atoms with van der Waals surface area (Å²) < 4.78 is 0. The Balaban J connectivity index is 2.51. The lowest BCUT2D eigenvalue weighted by Gasteiger charge is -2.14. The van der Waals surface area contributed by atoms with Crippen molar-refractivity contribution in [3.63, 3.8) is 0 Å². The molecule has 0 spiro atoms. The Labute approximate surface area is 100 Å². The van der Waals surface area contributed by atoms with Crippen LogP contribution >= 0.6 is 11.8 Å². The third-order valence-corrected chi connectivity index (χ3v) is 3.14. The van der Waals surface area contributed by atoms with Gasteiger partial charge in [0.15, 0.2) is 0 Å². The van der Waals surface area contributed by atoms with Crippen LogP contribution < -0.4 is 0 Å². The number of fused-ring (bicyclic) bond motifs is 1.